The van der Waals surface area contributed by atoms with Gasteiger partial charge in [0.2, 0.25) is 11.7 Å². The quantitative estimate of drug-likeness (QED) is 0.381. The van der Waals surface area contributed by atoms with Crippen molar-refractivity contribution in [3.63, 3.8) is 0 Å². The van der Waals surface area contributed by atoms with Crippen LogP contribution in [0.2, 0.25) is 0 Å². The number of amides is 1. The molecule has 0 unspecified atom stereocenters. The Bertz CT molecular complexity index is 1250. The number of aryl methyl sites for hydroxylation is 1. The van der Waals surface area contributed by atoms with Gasteiger partial charge in [-0.05, 0) is 37.6 Å². The summed E-state index contributed by atoms with van der Waals surface area (Å²) in [5, 5.41) is 12.0. The standard InChI is InChI=1S/C22H22N6O2S2/c1-13-7-9-14(10-8-13)20-25-21(30-27-20)18-19(23)28(26-22(18)32-3)12-17(29)24-15-5-4-6-16(11-15)31-2/h4-11H,12,23H2,1-3H3,(H,24,29). The van der Waals surface area contributed by atoms with Crippen LogP contribution in [0.3, 0.4) is 0 Å². The number of nitrogen functional groups attached to an aromatic ring is 1. The van der Waals surface area contributed by atoms with Gasteiger partial charge in [-0.2, -0.15) is 10.1 Å². The first-order chi connectivity index (χ1) is 15.5. The van der Waals surface area contributed by atoms with E-state index in [9.17, 15) is 4.79 Å². The maximum Gasteiger partial charge on any atom is 0.264 e. The number of anilines is 2. The minimum absolute atomic E-state index is 0.0398. The molecule has 0 saturated carbocycles. The molecule has 4 rings (SSSR count). The van der Waals surface area contributed by atoms with Crippen LogP contribution in [0.4, 0.5) is 11.5 Å². The molecule has 3 N–H and O–H groups in total. The van der Waals surface area contributed by atoms with Gasteiger partial charge >= 0.3 is 0 Å². The van der Waals surface area contributed by atoms with E-state index < -0.39 is 0 Å². The van der Waals surface area contributed by atoms with Crippen molar-refractivity contribution in [1.29, 1.82) is 0 Å². The average molecular weight is 467 g/mol. The largest absolute Gasteiger partial charge is 0.383 e. The molecule has 0 fully saturated rings. The predicted molar refractivity (Wildman–Crippen MR) is 129 cm³/mol. The summed E-state index contributed by atoms with van der Waals surface area (Å²) in [6.45, 7) is 1.97. The molecule has 0 radical (unpaired) electrons. The molecule has 0 aliphatic heterocycles. The molecule has 164 valence electrons. The van der Waals surface area contributed by atoms with E-state index in [-0.39, 0.29) is 18.3 Å². The summed E-state index contributed by atoms with van der Waals surface area (Å²) in [7, 11) is 0. The van der Waals surface area contributed by atoms with Crippen molar-refractivity contribution >= 4 is 40.9 Å². The van der Waals surface area contributed by atoms with Crippen molar-refractivity contribution in [2.24, 2.45) is 0 Å². The number of carbonyl (C=O) groups excluding carboxylic acids is 1. The van der Waals surface area contributed by atoms with Crippen molar-refractivity contribution in [1.82, 2.24) is 19.9 Å². The van der Waals surface area contributed by atoms with Crippen LogP contribution in [0, 0.1) is 6.92 Å². The molecule has 1 amide bonds. The molecule has 0 bridgehead atoms. The number of rotatable bonds is 7. The Balaban J connectivity index is 1.57. The normalized spacial score (nSPS) is 11.0. The Morgan fingerprint density at radius 2 is 1.94 bits per heavy atom. The van der Waals surface area contributed by atoms with Gasteiger partial charge in [-0.3, -0.25) is 4.79 Å². The Kier molecular flexibility index (Phi) is 6.52. The number of carbonyl (C=O) groups is 1. The number of benzene rings is 2. The van der Waals surface area contributed by atoms with Gasteiger partial charge in [0, 0.05) is 16.1 Å². The van der Waals surface area contributed by atoms with Gasteiger partial charge in [0.25, 0.3) is 5.89 Å². The molecule has 0 saturated heterocycles. The molecule has 2 aromatic heterocycles. The smallest absolute Gasteiger partial charge is 0.264 e. The van der Waals surface area contributed by atoms with Gasteiger partial charge in [-0.25, -0.2) is 4.68 Å². The fourth-order valence-electron chi connectivity index (χ4n) is 3.10. The first-order valence-corrected chi connectivity index (χ1v) is 12.2. The summed E-state index contributed by atoms with van der Waals surface area (Å²) in [5.74, 6) is 0.788. The SMILES string of the molecule is CSc1cccc(NC(=O)Cn2nc(SC)c(-c3nc(-c4ccc(C)cc4)no3)c2N)c1. The number of nitrogens with two attached hydrogens (primary N) is 1. The maximum atomic E-state index is 12.6. The summed E-state index contributed by atoms with van der Waals surface area (Å²) < 4.78 is 6.94. The zero-order chi connectivity index (χ0) is 22.7. The molecule has 2 heterocycles. The highest BCUT2D eigenvalue weighted by molar-refractivity contribution is 7.98. The zero-order valence-corrected chi connectivity index (χ0v) is 19.5. The molecule has 0 spiro atoms. The van der Waals surface area contributed by atoms with Crippen molar-refractivity contribution in [3.8, 4) is 22.8 Å². The number of thioether (sulfide) groups is 2. The van der Waals surface area contributed by atoms with E-state index in [1.54, 1.807) is 11.8 Å². The monoisotopic (exact) mass is 466 g/mol. The molecule has 0 aliphatic rings. The number of nitrogens with zero attached hydrogens (tertiary/aromatic N) is 4. The third-order valence-corrected chi connectivity index (χ3v) is 6.15. The molecule has 8 nitrogen and oxygen atoms in total. The predicted octanol–water partition coefficient (Wildman–Crippen LogP) is 4.57. The van der Waals surface area contributed by atoms with Crippen LogP contribution in [-0.2, 0) is 11.3 Å². The van der Waals surface area contributed by atoms with Gasteiger partial charge in [-0.1, -0.05) is 41.1 Å². The van der Waals surface area contributed by atoms with E-state index in [1.807, 2.05) is 68.0 Å². The average Bonchev–Trinajstić information content (AvgIpc) is 3.39. The summed E-state index contributed by atoms with van der Waals surface area (Å²) in [4.78, 5) is 18.2. The summed E-state index contributed by atoms with van der Waals surface area (Å²) in [6.07, 6.45) is 3.86. The van der Waals surface area contributed by atoms with Crippen LogP contribution >= 0.6 is 23.5 Å². The van der Waals surface area contributed by atoms with Gasteiger partial charge in [0.1, 0.15) is 23.0 Å². The highest BCUT2D eigenvalue weighted by Gasteiger charge is 2.23. The number of hydrogen-bond acceptors (Lipinski definition) is 8. The lowest BCUT2D eigenvalue weighted by atomic mass is 10.1. The Morgan fingerprint density at radius 1 is 1.16 bits per heavy atom. The molecule has 0 aliphatic carbocycles. The van der Waals surface area contributed by atoms with E-state index in [4.69, 9.17) is 10.3 Å². The maximum absolute atomic E-state index is 12.6. The lowest BCUT2D eigenvalue weighted by Gasteiger charge is -2.07. The van der Waals surface area contributed by atoms with Crippen LogP contribution in [-0.4, -0.2) is 38.3 Å². The molecular weight excluding hydrogens is 444 g/mol. The lowest BCUT2D eigenvalue weighted by molar-refractivity contribution is -0.116. The molecule has 2 aromatic carbocycles. The third-order valence-electron chi connectivity index (χ3n) is 4.75. The van der Waals surface area contributed by atoms with Gasteiger partial charge in [0.05, 0.1) is 0 Å². The molecule has 10 heteroatoms. The van der Waals surface area contributed by atoms with E-state index in [0.29, 0.717) is 22.2 Å². The van der Waals surface area contributed by atoms with Crippen LogP contribution in [0.25, 0.3) is 22.8 Å². The van der Waals surface area contributed by atoms with Gasteiger partial charge in [-0.15, -0.1) is 23.5 Å². The van der Waals surface area contributed by atoms with E-state index in [2.05, 4.69) is 20.6 Å². The minimum Gasteiger partial charge on any atom is -0.383 e. The highest BCUT2D eigenvalue weighted by atomic mass is 32.2. The fourth-order valence-corrected chi connectivity index (χ4v) is 4.13. The Labute approximate surface area is 194 Å². The van der Waals surface area contributed by atoms with Crippen LogP contribution < -0.4 is 11.1 Å². The molecule has 0 atom stereocenters. The van der Waals surface area contributed by atoms with Crippen molar-refractivity contribution in [3.05, 3.63) is 54.1 Å². The van der Waals surface area contributed by atoms with Crippen LogP contribution in [0.5, 0.6) is 0 Å². The zero-order valence-electron chi connectivity index (χ0n) is 17.8. The lowest BCUT2D eigenvalue weighted by Crippen LogP contribution is -2.20. The number of hydrogen-bond donors (Lipinski definition) is 2. The second kappa shape index (κ2) is 9.49. The van der Waals surface area contributed by atoms with E-state index in [0.717, 1.165) is 21.7 Å². The third kappa shape index (κ3) is 4.66. The fraction of sp³-hybridized carbons (Fsp3) is 0.182. The van der Waals surface area contributed by atoms with E-state index in [1.165, 1.54) is 16.4 Å². The van der Waals surface area contributed by atoms with Crippen LogP contribution in [0.1, 0.15) is 5.56 Å². The van der Waals surface area contributed by atoms with Crippen LogP contribution in [0.15, 0.2) is 63.0 Å². The summed E-state index contributed by atoms with van der Waals surface area (Å²) in [5.41, 5.74) is 9.58. The van der Waals surface area contributed by atoms with Gasteiger partial charge in [0.15, 0.2) is 0 Å². The second-order valence-corrected chi connectivity index (χ2v) is 8.67. The summed E-state index contributed by atoms with van der Waals surface area (Å²) >= 11 is 3.00. The topological polar surface area (TPSA) is 112 Å². The van der Waals surface area contributed by atoms with Crippen molar-refractivity contribution in [2.75, 3.05) is 23.6 Å². The van der Waals surface area contributed by atoms with Crippen molar-refractivity contribution in [2.45, 2.75) is 23.4 Å². The Morgan fingerprint density at radius 3 is 2.66 bits per heavy atom. The highest BCUT2D eigenvalue weighted by Crippen LogP contribution is 2.35. The first-order valence-electron chi connectivity index (χ1n) is 9.73. The van der Waals surface area contributed by atoms with Crippen molar-refractivity contribution < 1.29 is 9.32 Å². The molecular formula is C22H22N6O2S2. The minimum atomic E-state index is -0.234. The van der Waals surface area contributed by atoms with Gasteiger partial charge < -0.3 is 15.6 Å². The Hall–Kier alpha value is -3.24. The molecule has 4 aromatic rings. The van der Waals surface area contributed by atoms with E-state index >= 15 is 0 Å². The number of nitrogens with one attached hydrogen (secondary N) is 1. The second-order valence-electron chi connectivity index (χ2n) is 7.00. The first kappa shape index (κ1) is 22.0. The number of aromatic nitrogens is 4. The summed E-state index contributed by atoms with van der Waals surface area (Å²) in [6, 6.07) is 15.5. The molecule has 32 heavy (non-hydrogen) atoms.